The number of carboxylic acids is 1. The molecule has 0 aliphatic heterocycles. The van der Waals surface area contributed by atoms with Crippen molar-refractivity contribution in [3.63, 3.8) is 0 Å². The zero-order valence-corrected chi connectivity index (χ0v) is 13.0. The molecule has 0 bridgehead atoms. The van der Waals surface area contributed by atoms with Crippen LogP contribution in [0.4, 0.5) is 0 Å². The predicted octanol–water partition coefficient (Wildman–Crippen LogP) is 0.223. The summed E-state index contributed by atoms with van der Waals surface area (Å²) in [5.41, 5.74) is 10.6. The molecule has 1 unspecified atom stereocenters. The second-order valence-corrected chi connectivity index (χ2v) is 6.31. The molecule has 0 heterocycles. The van der Waals surface area contributed by atoms with E-state index in [9.17, 15) is 14.4 Å². The Kier molecular flexibility index (Phi) is 7.94. The molecule has 0 aliphatic carbocycles. The van der Waals surface area contributed by atoms with Gasteiger partial charge in [-0.3, -0.25) is 9.59 Å². The third-order valence-electron chi connectivity index (χ3n) is 3.50. The Morgan fingerprint density at radius 1 is 1.19 bits per heavy atom. The predicted molar refractivity (Wildman–Crippen MR) is 79.2 cm³/mol. The van der Waals surface area contributed by atoms with Crippen LogP contribution >= 0.6 is 0 Å². The molecule has 0 spiro atoms. The molecular formula is C14H27N3O4. The lowest BCUT2D eigenvalue weighted by molar-refractivity contribution is -0.143. The summed E-state index contributed by atoms with van der Waals surface area (Å²) in [6.07, 6.45) is 1.22. The van der Waals surface area contributed by atoms with Crippen molar-refractivity contribution < 1.29 is 19.5 Å². The summed E-state index contributed by atoms with van der Waals surface area (Å²) >= 11 is 0. The van der Waals surface area contributed by atoms with Crippen molar-refractivity contribution in [3.8, 4) is 0 Å². The van der Waals surface area contributed by atoms with Crippen LogP contribution in [0, 0.1) is 11.3 Å². The molecule has 6 N–H and O–H groups in total. The molecular weight excluding hydrogens is 274 g/mol. The maximum Gasteiger partial charge on any atom is 0.326 e. The molecule has 7 nitrogen and oxygen atoms in total. The van der Waals surface area contributed by atoms with Gasteiger partial charge in [0.2, 0.25) is 11.8 Å². The highest BCUT2D eigenvalue weighted by Crippen LogP contribution is 2.31. The molecule has 0 radical (unpaired) electrons. The van der Waals surface area contributed by atoms with Crippen molar-refractivity contribution in [1.82, 2.24) is 5.32 Å². The molecule has 21 heavy (non-hydrogen) atoms. The molecule has 7 heteroatoms. The van der Waals surface area contributed by atoms with Crippen LogP contribution < -0.4 is 16.8 Å². The highest BCUT2D eigenvalue weighted by atomic mass is 16.4. The van der Waals surface area contributed by atoms with Crippen LogP contribution in [-0.2, 0) is 14.4 Å². The Morgan fingerprint density at radius 3 is 2.14 bits per heavy atom. The van der Waals surface area contributed by atoms with E-state index in [2.05, 4.69) is 26.1 Å². The topological polar surface area (TPSA) is 136 Å². The Morgan fingerprint density at radius 2 is 1.76 bits per heavy atom. The number of hydrogen-bond acceptors (Lipinski definition) is 4. The van der Waals surface area contributed by atoms with Crippen molar-refractivity contribution in [2.24, 2.45) is 22.8 Å². The number of rotatable bonds is 9. The molecule has 0 aliphatic rings. The maximum atomic E-state index is 11.8. The highest BCUT2D eigenvalue weighted by Gasteiger charge is 2.26. The van der Waals surface area contributed by atoms with Gasteiger partial charge in [-0.1, -0.05) is 20.8 Å². The van der Waals surface area contributed by atoms with Crippen molar-refractivity contribution in [2.45, 2.75) is 52.5 Å². The van der Waals surface area contributed by atoms with E-state index < -0.39 is 30.2 Å². The van der Waals surface area contributed by atoms with Gasteiger partial charge in [-0.2, -0.15) is 0 Å². The van der Waals surface area contributed by atoms with Gasteiger partial charge in [0.25, 0.3) is 0 Å². The minimum Gasteiger partial charge on any atom is -0.480 e. The number of nitrogens with two attached hydrogens (primary N) is 2. The van der Waals surface area contributed by atoms with Crippen LogP contribution in [0.1, 0.15) is 46.5 Å². The van der Waals surface area contributed by atoms with Crippen LogP contribution in [0.2, 0.25) is 0 Å². The normalized spacial score (nSPS) is 14.3. The number of carbonyl (C=O) groups excluding carboxylic acids is 2. The minimum absolute atomic E-state index is 0.0269. The third kappa shape index (κ3) is 8.29. The Hall–Kier alpha value is -1.63. The Labute approximate surface area is 125 Å². The standard InChI is InChI=1S/C14H27N3O4/c1-14(2,3)9(6-7-15)4-5-12(19)17-10(13(20)21)8-11(16)18/h9-10H,4-8,15H2,1-3H3,(H2,16,18)(H,17,19)(H,20,21)/t9?,10-/m0/s1. The van der Waals surface area contributed by atoms with Gasteiger partial charge in [0.1, 0.15) is 6.04 Å². The van der Waals surface area contributed by atoms with E-state index >= 15 is 0 Å². The first-order valence-corrected chi connectivity index (χ1v) is 7.08. The first-order chi connectivity index (χ1) is 9.57. The second-order valence-electron chi connectivity index (χ2n) is 6.31. The van der Waals surface area contributed by atoms with Gasteiger partial charge in [0, 0.05) is 6.42 Å². The van der Waals surface area contributed by atoms with Gasteiger partial charge >= 0.3 is 5.97 Å². The molecule has 2 atom stereocenters. The third-order valence-corrected chi connectivity index (χ3v) is 3.50. The molecule has 0 fully saturated rings. The summed E-state index contributed by atoms with van der Waals surface area (Å²) in [4.78, 5) is 33.5. The zero-order chi connectivity index (χ0) is 16.6. The lowest BCUT2D eigenvalue weighted by atomic mass is 9.76. The average Bonchev–Trinajstić information content (AvgIpc) is 2.31. The number of primary amides is 1. The summed E-state index contributed by atoms with van der Waals surface area (Å²) in [6, 6.07) is -1.27. The van der Waals surface area contributed by atoms with E-state index in [1.165, 1.54) is 0 Å². The van der Waals surface area contributed by atoms with Crippen molar-refractivity contribution >= 4 is 17.8 Å². The summed E-state index contributed by atoms with van der Waals surface area (Å²) in [5, 5.41) is 11.2. The van der Waals surface area contributed by atoms with Crippen molar-refractivity contribution in [1.29, 1.82) is 0 Å². The van der Waals surface area contributed by atoms with E-state index in [0.717, 1.165) is 6.42 Å². The smallest absolute Gasteiger partial charge is 0.326 e. The van der Waals surface area contributed by atoms with Crippen LogP contribution in [0.3, 0.4) is 0 Å². The van der Waals surface area contributed by atoms with Gasteiger partial charge in [-0.05, 0) is 30.7 Å². The monoisotopic (exact) mass is 301 g/mol. The molecule has 2 amide bonds. The van der Waals surface area contributed by atoms with Gasteiger partial charge in [0.05, 0.1) is 6.42 Å². The Bertz CT molecular complexity index is 377. The van der Waals surface area contributed by atoms with E-state index in [-0.39, 0.29) is 17.8 Å². The molecule has 0 rings (SSSR count). The fraction of sp³-hybridized carbons (Fsp3) is 0.786. The van der Waals surface area contributed by atoms with Gasteiger partial charge in [-0.25, -0.2) is 4.79 Å². The lowest BCUT2D eigenvalue weighted by Crippen LogP contribution is -2.43. The van der Waals surface area contributed by atoms with E-state index in [0.29, 0.717) is 13.0 Å². The van der Waals surface area contributed by atoms with Crippen molar-refractivity contribution in [2.75, 3.05) is 6.54 Å². The number of carbonyl (C=O) groups is 3. The van der Waals surface area contributed by atoms with Crippen LogP contribution in [0.5, 0.6) is 0 Å². The SMILES string of the molecule is CC(C)(C)C(CCN)CCC(=O)N[C@@H](CC(N)=O)C(=O)O. The maximum absolute atomic E-state index is 11.8. The molecule has 0 aromatic carbocycles. The van der Waals surface area contributed by atoms with Crippen LogP contribution in [0.15, 0.2) is 0 Å². The summed E-state index contributed by atoms with van der Waals surface area (Å²) in [7, 11) is 0. The summed E-state index contributed by atoms with van der Waals surface area (Å²) < 4.78 is 0. The number of aliphatic carboxylic acids is 1. The fourth-order valence-corrected chi connectivity index (χ4v) is 2.18. The zero-order valence-electron chi connectivity index (χ0n) is 13.0. The van der Waals surface area contributed by atoms with E-state index in [1.807, 2.05) is 0 Å². The first-order valence-electron chi connectivity index (χ1n) is 7.08. The number of carboxylic acid groups (broad SMARTS) is 1. The van der Waals surface area contributed by atoms with Crippen LogP contribution in [-0.4, -0.2) is 35.5 Å². The number of amides is 2. The molecule has 0 saturated carbocycles. The quantitative estimate of drug-likeness (QED) is 0.483. The summed E-state index contributed by atoms with van der Waals surface area (Å²) in [6.45, 7) is 6.79. The first kappa shape index (κ1) is 19.4. The lowest BCUT2D eigenvalue weighted by Gasteiger charge is -2.30. The molecule has 0 saturated heterocycles. The van der Waals surface area contributed by atoms with Gasteiger partial charge < -0.3 is 21.9 Å². The highest BCUT2D eigenvalue weighted by molar-refractivity contribution is 5.88. The van der Waals surface area contributed by atoms with Crippen LogP contribution in [0.25, 0.3) is 0 Å². The largest absolute Gasteiger partial charge is 0.480 e. The van der Waals surface area contributed by atoms with Crippen molar-refractivity contribution in [3.05, 3.63) is 0 Å². The second kappa shape index (κ2) is 8.61. The molecule has 0 aromatic rings. The average molecular weight is 301 g/mol. The summed E-state index contributed by atoms with van der Waals surface area (Å²) in [5.74, 6) is -2.16. The van der Waals surface area contributed by atoms with E-state index in [4.69, 9.17) is 16.6 Å². The molecule has 0 aromatic heterocycles. The molecule has 122 valence electrons. The van der Waals surface area contributed by atoms with Gasteiger partial charge in [-0.15, -0.1) is 0 Å². The Balaban J connectivity index is 4.46. The number of hydrogen-bond donors (Lipinski definition) is 4. The van der Waals surface area contributed by atoms with E-state index in [1.54, 1.807) is 0 Å². The minimum atomic E-state index is -1.27. The van der Waals surface area contributed by atoms with Gasteiger partial charge in [0.15, 0.2) is 0 Å². The number of nitrogens with one attached hydrogen (secondary N) is 1. The fourth-order valence-electron chi connectivity index (χ4n) is 2.18.